The second-order valence-corrected chi connectivity index (χ2v) is 8.68. The molecule has 1 aromatic carbocycles. The number of amides is 2. The first-order chi connectivity index (χ1) is 13.5. The largest absolute Gasteiger partial charge is 0.354 e. The Hall–Kier alpha value is -2.38. The lowest BCUT2D eigenvalue weighted by Gasteiger charge is -2.60. The highest BCUT2D eigenvalue weighted by Crippen LogP contribution is 2.42. The average molecular weight is 399 g/mol. The van der Waals surface area contributed by atoms with Crippen molar-refractivity contribution in [3.8, 4) is 0 Å². The minimum Gasteiger partial charge on any atom is -0.354 e. The van der Waals surface area contributed by atoms with E-state index < -0.39 is 0 Å². The number of aromatic nitrogens is 2. The monoisotopic (exact) mass is 398 g/mol. The van der Waals surface area contributed by atoms with E-state index in [4.69, 9.17) is 11.6 Å². The van der Waals surface area contributed by atoms with Gasteiger partial charge in [-0.25, -0.2) is 4.79 Å². The number of urea groups is 1. The fraction of sp³-hybridized carbons (Fsp3) is 0.450. The molecular formula is C20H23ClN6O. The highest BCUT2D eigenvalue weighted by atomic mass is 35.5. The number of rotatable bonds is 1. The van der Waals surface area contributed by atoms with Crippen LogP contribution in [0.1, 0.15) is 5.56 Å². The molecular weight excluding hydrogens is 376 g/mol. The van der Waals surface area contributed by atoms with E-state index in [-0.39, 0.29) is 11.4 Å². The van der Waals surface area contributed by atoms with Gasteiger partial charge in [-0.3, -0.25) is 4.90 Å². The smallest absolute Gasteiger partial charge is 0.324 e. The minimum absolute atomic E-state index is 0.0995. The van der Waals surface area contributed by atoms with Crippen molar-refractivity contribution in [2.24, 2.45) is 5.41 Å². The average Bonchev–Trinajstić information content (AvgIpc) is 2.77. The Balaban J connectivity index is 1.26. The van der Waals surface area contributed by atoms with E-state index >= 15 is 0 Å². The van der Waals surface area contributed by atoms with E-state index in [0.717, 1.165) is 56.3 Å². The molecule has 0 aliphatic carbocycles. The maximum Gasteiger partial charge on any atom is 0.324 e. The predicted octanol–water partition coefficient (Wildman–Crippen LogP) is 2.32. The zero-order valence-electron chi connectivity index (χ0n) is 15.9. The molecule has 1 aromatic heterocycles. The molecule has 0 bridgehead atoms. The number of likely N-dealkylation sites (N-methyl/N-ethyl adjacent to an activating group) is 1. The first kappa shape index (κ1) is 17.7. The Labute approximate surface area is 169 Å². The van der Waals surface area contributed by atoms with Gasteiger partial charge in [-0.15, -0.1) is 5.10 Å². The van der Waals surface area contributed by atoms with Gasteiger partial charge in [0.2, 0.25) is 0 Å². The zero-order chi connectivity index (χ0) is 19.3. The van der Waals surface area contributed by atoms with Gasteiger partial charge >= 0.3 is 6.03 Å². The number of hydrogen-bond donors (Lipinski definition) is 0. The molecule has 2 amide bonds. The van der Waals surface area contributed by atoms with Gasteiger partial charge in [-0.05, 0) is 42.9 Å². The van der Waals surface area contributed by atoms with Gasteiger partial charge in [0.1, 0.15) is 0 Å². The number of carbonyl (C=O) groups is 1. The molecule has 7 nitrogen and oxygen atoms in total. The van der Waals surface area contributed by atoms with Crippen molar-refractivity contribution in [2.45, 2.75) is 6.54 Å². The molecule has 3 aliphatic rings. The summed E-state index contributed by atoms with van der Waals surface area (Å²) in [6, 6.07) is 9.81. The van der Waals surface area contributed by atoms with Gasteiger partial charge in [-0.1, -0.05) is 11.6 Å². The van der Waals surface area contributed by atoms with Gasteiger partial charge < -0.3 is 14.7 Å². The normalized spacial score (nSPS) is 21.0. The van der Waals surface area contributed by atoms with Crippen LogP contribution in [0.2, 0.25) is 5.02 Å². The molecule has 1 spiro atoms. The summed E-state index contributed by atoms with van der Waals surface area (Å²) in [4.78, 5) is 21.6. The quantitative estimate of drug-likeness (QED) is 0.738. The summed E-state index contributed by atoms with van der Waals surface area (Å²) < 4.78 is 0. The molecule has 2 fully saturated rings. The van der Waals surface area contributed by atoms with Crippen molar-refractivity contribution in [3.63, 3.8) is 0 Å². The number of hydrogen-bond acceptors (Lipinski definition) is 5. The zero-order valence-corrected chi connectivity index (χ0v) is 16.6. The number of anilines is 2. The Kier molecular flexibility index (Phi) is 4.17. The van der Waals surface area contributed by atoms with Crippen LogP contribution in [0.4, 0.5) is 16.3 Å². The summed E-state index contributed by atoms with van der Waals surface area (Å²) in [6.07, 6.45) is 1.69. The van der Waals surface area contributed by atoms with Crippen molar-refractivity contribution in [1.29, 1.82) is 0 Å². The Morgan fingerprint density at radius 3 is 2.71 bits per heavy atom. The van der Waals surface area contributed by atoms with Crippen molar-refractivity contribution in [3.05, 3.63) is 47.1 Å². The molecule has 146 valence electrons. The van der Waals surface area contributed by atoms with Crippen molar-refractivity contribution in [2.75, 3.05) is 56.1 Å². The number of carbonyl (C=O) groups excluding carboxylic acids is 1. The molecule has 0 saturated carbocycles. The lowest BCUT2D eigenvalue weighted by Crippen LogP contribution is -2.74. The third-order valence-electron chi connectivity index (χ3n) is 5.97. The molecule has 8 heteroatoms. The van der Waals surface area contributed by atoms with E-state index in [0.29, 0.717) is 11.6 Å². The van der Waals surface area contributed by atoms with Gasteiger partial charge in [-0.2, -0.15) is 5.10 Å². The van der Waals surface area contributed by atoms with Crippen LogP contribution in [0.15, 0.2) is 36.5 Å². The number of nitrogens with zero attached hydrogens (tertiary/aromatic N) is 6. The predicted molar refractivity (Wildman–Crippen MR) is 109 cm³/mol. The van der Waals surface area contributed by atoms with Crippen molar-refractivity contribution in [1.82, 2.24) is 20.0 Å². The first-order valence-corrected chi connectivity index (χ1v) is 9.97. The SMILES string of the molecule is CN1CCN(C(=O)N2CC3(C2)CN(c2cccnn2)C3)c2ccc(Cl)cc2C1. The van der Waals surface area contributed by atoms with Crippen LogP contribution in [-0.4, -0.2) is 72.3 Å². The maximum absolute atomic E-state index is 13.2. The highest BCUT2D eigenvalue weighted by molar-refractivity contribution is 6.30. The molecule has 4 heterocycles. The number of halogens is 1. The lowest BCUT2D eigenvalue weighted by atomic mass is 9.73. The molecule has 2 saturated heterocycles. The lowest BCUT2D eigenvalue weighted by molar-refractivity contribution is 0.00956. The summed E-state index contributed by atoms with van der Waals surface area (Å²) in [5.41, 5.74) is 2.29. The molecule has 0 atom stereocenters. The van der Waals surface area contributed by atoms with Crippen LogP contribution >= 0.6 is 11.6 Å². The van der Waals surface area contributed by atoms with Gasteiger partial charge in [0.25, 0.3) is 0 Å². The Morgan fingerprint density at radius 2 is 1.96 bits per heavy atom. The minimum atomic E-state index is 0.0995. The molecule has 0 N–H and O–H groups in total. The van der Waals surface area contributed by atoms with Gasteiger partial charge in [0, 0.05) is 62.4 Å². The van der Waals surface area contributed by atoms with E-state index in [2.05, 4.69) is 27.0 Å². The summed E-state index contributed by atoms with van der Waals surface area (Å²) >= 11 is 6.19. The molecule has 5 rings (SSSR count). The third kappa shape index (κ3) is 2.99. The molecule has 3 aliphatic heterocycles. The number of likely N-dealkylation sites (tertiary alicyclic amines) is 1. The van der Waals surface area contributed by atoms with Crippen LogP contribution in [0.25, 0.3) is 0 Å². The summed E-state index contributed by atoms with van der Waals surface area (Å²) in [6.45, 7) is 5.82. The standard InChI is InChI=1S/C20H23ClN6O/c1-24-7-8-27(17-5-4-16(21)9-15(17)10-24)19(28)26-13-20(14-26)11-25(12-20)18-3-2-6-22-23-18/h2-6,9H,7-8,10-14H2,1H3. The van der Waals surface area contributed by atoms with Gasteiger partial charge in [0.15, 0.2) is 5.82 Å². The third-order valence-corrected chi connectivity index (χ3v) is 6.20. The topological polar surface area (TPSA) is 55.8 Å². The fourth-order valence-electron chi connectivity index (χ4n) is 4.56. The Bertz CT molecular complexity index is 893. The maximum atomic E-state index is 13.2. The second kappa shape index (κ2) is 6.60. The summed E-state index contributed by atoms with van der Waals surface area (Å²) in [5.74, 6) is 0.916. The van der Waals surface area contributed by atoms with Gasteiger partial charge in [0.05, 0.1) is 5.69 Å². The van der Waals surface area contributed by atoms with E-state index in [1.54, 1.807) is 6.20 Å². The molecule has 0 radical (unpaired) electrons. The summed E-state index contributed by atoms with van der Waals surface area (Å²) in [5, 5.41) is 8.83. The number of benzene rings is 1. The molecule has 28 heavy (non-hydrogen) atoms. The van der Waals surface area contributed by atoms with Crippen molar-refractivity contribution < 1.29 is 4.79 Å². The van der Waals surface area contributed by atoms with Crippen LogP contribution in [0, 0.1) is 5.41 Å². The van der Waals surface area contributed by atoms with Crippen molar-refractivity contribution >= 4 is 29.1 Å². The first-order valence-electron chi connectivity index (χ1n) is 9.59. The van der Waals surface area contributed by atoms with E-state index in [1.807, 2.05) is 40.1 Å². The van der Waals surface area contributed by atoms with Crippen LogP contribution in [-0.2, 0) is 6.54 Å². The Morgan fingerprint density at radius 1 is 1.14 bits per heavy atom. The fourth-order valence-corrected chi connectivity index (χ4v) is 4.76. The summed E-state index contributed by atoms with van der Waals surface area (Å²) in [7, 11) is 2.08. The van der Waals surface area contributed by atoms with Crippen LogP contribution in [0.3, 0.4) is 0 Å². The van der Waals surface area contributed by atoms with Crippen LogP contribution in [0.5, 0.6) is 0 Å². The van der Waals surface area contributed by atoms with E-state index in [9.17, 15) is 4.79 Å². The highest BCUT2D eigenvalue weighted by Gasteiger charge is 2.54. The molecule has 2 aromatic rings. The van der Waals surface area contributed by atoms with Crippen LogP contribution < -0.4 is 9.80 Å². The second-order valence-electron chi connectivity index (χ2n) is 8.24. The molecule has 0 unspecified atom stereocenters. The van der Waals surface area contributed by atoms with E-state index in [1.165, 1.54) is 0 Å². The number of fused-ring (bicyclic) bond motifs is 1.